The third-order valence-electron chi connectivity index (χ3n) is 2.83. The van der Waals surface area contributed by atoms with Crippen LogP contribution in [-0.2, 0) is 14.8 Å². The first-order valence-electron chi connectivity index (χ1n) is 5.29. The van der Waals surface area contributed by atoms with Crippen LogP contribution in [0.25, 0.3) is 0 Å². The molecule has 0 saturated carbocycles. The monoisotopic (exact) mass is 219 g/mol. The van der Waals surface area contributed by atoms with Gasteiger partial charge in [0.15, 0.2) is 0 Å². The van der Waals surface area contributed by atoms with Crippen LogP contribution in [0.4, 0.5) is 0 Å². The predicted molar refractivity (Wildman–Crippen MR) is 53.3 cm³/mol. The highest BCUT2D eigenvalue weighted by molar-refractivity contribution is 7.89. The maximum absolute atomic E-state index is 11.8. The molecule has 0 bridgehead atoms. The zero-order valence-corrected chi connectivity index (χ0v) is 9.29. The molecule has 0 amide bonds. The van der Waals surface area contributed by atoms with Crippen molar-refractivity contribution in [3.05, 3.63) is 0 Å². The molecule has 14 heavy (non-hydrogen) atoms. The molecule has 0 aliphatic carbocycles. The fourth-order valence-corrected chi connectivity index (χ4v) is 3.93. The van der Waals surface area contributed by atoms with E-state index < -0.39 is 10.0 Å². The molecule has 2 rings (SSSR count). The molecule has 4 nitrogen and oxygen atoms in total. The Hall–Kier alpha value is -0.130. The van der Waals surface area contributed by atoms with Gasteiger partial charge in [0.1, 0.15) is 6.23 Å². The third-order valence-corrected chi connectivity index (χ3v) is 4.75. The molecular weight excluding hydrogens is 202 g/mol. The second-order valence-corrected chi connectivity index (χ2v) is 5.96. The number of fused-ring (bicyclic) bond motifs is 1. The first kappa shape index (κ1) is 10.4. The van der Waals surface area contributed by atoms with E-state index in [0.717, 1.165) is 25.7 Å². The maximum atomic E-state index is 11.8. The number of sulfonamides is 1. The fourth-order valence-electron chi connectivity index (χ4n) is 1.98. The normalized spacial score (nSPS) is 36.5. The van der Waals surface area contributed by atoms with Gasteiger partial charge in [0, 0.05) is 6.61 Å². The van der Waals surface area contributed by atoms with Gasteiger partial charge in [0.05, 0.1) is 11.8 Å². The van der Waals surface area contributed by atoms with E-state index >= 15 is 0 Å². The summed E-state index contributed by atoms with van der Waals surface area (Å²) in [6, 6.07) is 0.158. The number of hydrogen-bond acceptors (Lipinski definition) is 3. The van der Waals surface area contributed by atoms with Crippen LogP contribution in [0.2, 0.25) is 0 Å². The van der Waals surface area contributed by atoms with Gasteiger partial charge in [0.25, 0.3) is 0 Å². The Morgan fingerprint density at radius 1 is 1.50 bits per heavy atom. The van der Waals surface area contributed by atoms with Crippen LogP contribution in [0.5, 0.6) is 0 Å². The zero-order valence-electron chi connectivity index (χ0n) is 8.48. The van der Waals surface area contributed by atoms with Crippen molar-refractivity contribution in [1.82, 2.24) is 4.31 Å². The molecule has 1 unspecified atom stereocenters. The lowest BCUT2D eigenvalue weighted by atomic mass is 10.2. The van der Waals surface area contributed by atoms with E-state index in [0.29, 0.717) is 6.61 Å². The first-order valence-corrected chi connectivity index (χ1v) is 6.90. The summed E-state index contributed by atoms with van der Waals surface area (Å²) in [5.41, 5.74) is 0. The second-order valence-electron chi connectivity index (χ2n) is 3.97. The van der Waals surface area contributed by atoms with Gasteiger partial charge in [-0.2, -0.15) is 4.31 Å². The van der Waals surface area contributed by atoms with Gasteiger partial charge in [-0.05, 0) is 19.3 Å². The highest BCUT2D eigenvalue weighted by atomic mass is 32.2. The van der Waals surface area contributed by atoms with Crippen LogP contribution in [-0.4, -0.2) is 37.4 Å². The molecule has 2 saturated heterocycles. The molecule has 0 radical (unpaired) electrons. The third kappa shape index (κ3) is 1.81. The number of unbranched alkanes of at least 4 members (excludes halogenated alkanes) is 1. The first-order chi connectivity index (χ1) is 6.67. The van der Waals surface area contributed by atoms with E-state index in [1.54, 1.807) is 4.31 Å². The largest absolute Gasteiger partial charge is 0.360 e. The molecular formula is C9H17NO3S. The Morgan fingerprint density at radius 2 is 2.29 bits per heavy atom. The molecule has 5 heteroatoms. The summed E-state index contributed by atoms with van der Waals surface area (Å²) in [6.45, 7) is 2.71. The van der Waals surface area contributed by atoms with E-state index in [4.69, 9.17) is 4.74 Å². The van der Waals surface area contributed by atoms with Gasteiger partial charge < -0.3 is 4.74 Å². The Bertz CT molecular complexity index is 289. The summed E-state index contributed by atoms with van der Waals surface area (Å²) < 4.78 is 30.5. The minimum atomic E-state index is -3.02. The van der Waals surface area contributed by atoms with Crippen LogP contribution in [0.15, 0.2) is 0 Å². The van der Waals surface area contributed by atoms with E-state index in [-0.39, 0.29) is 18.0 Å². The van der Waals surface area contributed by atoms with Gasteiger partial charge in [-0.3, -0.25) is 0 Å². The number of ether oxygens (including phenoxy) is 1. The quantitative estimate of drug-likeness (QED) is 0.661. The van der Waals surface area contributed by atoms with Crippen molar-refractivity contribution in [1.29, 1.82) is 0 Å². The highest BCUT2D eigenvalue weighted by Gasteiger charge is 2.56. The van der Waals surface area contributed by atoms with E-state index in [9.17, 15) is 8.42 Å². The average Bonchev–Trinajstić information content (AvgIpc) is 2.89. The van der Waals surface area contributed by atoms with E-state index in [1.165, 1.54) is 0 Å². The van der Waals surface area contributed by atoms with Crippen molar-refractivity contribution in [2.45, 2.75) is 44.9 Å². The smallest absolute Gasteiger partial charge is 0.216 e. The predicted octanol–water partition coefficient (Wildman–Crippen LogP) is 0.937. The maximum Gasteiger partial charge on any atom is 0.216 e. The number of rotatable bonds is 4. The SMILES string of the molecule is CCCCS(=O)(=O)N1[C@@H]2CCCO[C@H]21. The minimum Gasteiger partial charge on any atom is -0.360 e. The van der Waals surface area contributed by atoms with Gasteiger partial charge in [-0.15, -0.1) is 0 Å². The van der Waals surface area contributed by atoms with Crippen molar-refractivity contribution >= 4 is 10.0 Å². The summed E-state index contributed by atoms with van der Waals surface area (Å²) in [7, 11) is -3.02. The lowest BCUT2D eigenvalue weighted by Gasteiger charge is -2.05. The summed E-state index contributed by atoms with van der Waals surface area (Å²) in [5.74, 6) is 0.278. The van der Waals surface area contributed by atoms with Gasteiger partial charge >= 0.3 is 0 Å². The van der Waals surface area contributed by atoms with E-state index in [2.05, 4.69) is 0 Å². The van der Waals surface area contributed by atoms with Crippen molar-refractivity contribution in [2.24, 2.45) is 0 Å². The standard InChI is InChI=1S/C9H17NO3S/c1-2-3-7-14(11,12)10-8-5-4-6-13-9(8)10/h8-9H,2-7H2,1H3/t8-,9-,10?/m1/s1. The Balaban J connectivity index is 1.96. The molecule has 0 aromatic carbocycles. The molecule has 0 N–H and O–H groups in total. The van der Waals surface area contributed by atoms with Crippen LogP contribution >= 0.6 is 0 Å². The van der Waals surface area contributed by atoms with Crippen molar-refractivity contribution < 1.29 is 13.2 Å². The lowest BCUT2D eigenvalue weighted by Crippen LogP contribution is -2.19. The molecule has 0 spiro atoms. The Labute approximate surface area is 85.3 Å². The fraction of sp³-hybridized carbons (Fsp3) is 1.00. The Kier molecular flexibility index (Phi) is 2.81. The summed E-state index contributed by atoms with van der Waals surface area (Å²) in [6.07, 6.45) is 3.50. The topological polar surface area (TPSA) is 46.4 Å². The second kappa shape index (κ2) is 3.79. The average molecular weight is 219 g/mol. The summed E-state index contributed by atoms with van der Waals surface area (Å²) >= 11 is 0. The zero-order chi connectivity index (χ0) is 10.2. The highest BCUT2D eigenvalue weighted by Crippen LogP contribution is 2.39. The molecule has 0 aromatic rings. The molecule has 0 aromatic heterocycles. The van der Waals surface area contributed by atoms with Crippen LogP contribution in [0.3, 0.4) is 0 Å². The molecule has 2 aliphatic rings. The van der Waals surface area contributed by atoms with Gasteiger partial charge in [0.2, 0.25) is 10.0 Å². The van der Waals surface area contributed by atoms with Crippen LogP contribution < -0.4 is 0 Å². The number of nitrogens with zero attached hydrogens (tertiary/aromatic N) is 1. The van der Waals surface area contributed by atoms with Crippen molar-refractivity contribution in [3.63, 3.8) is 0 Å². The van der Waals surface area contributed by atoms with Crippen LogP contribution in [0, 0.1) is 0 Å². The van der Waals surface area contributed by atoms with E-state index in [1.807, 2.05) is 6.92 Å². The molecule has 2 heterocycles. The molecule has 82 valence electrons. The lowest BCUT2D eigenvalue weighted by molar-refractivity contribution is 0.0787. The van der Waals surface area contributed by atoms with Crippen molar-refractivity contribution in [3.8, 4) is 0 Å². The molecule has 3 atom stereocenters. The molecule has 2 aliphatic heterocycles. The van der Waals surface area contributed by atoms with Gasteiger partial charge in [-0.25, -0.2) is 8.42 Å². The van der Waals surface area contributed by atoms with Gasteiger partial charge in [-0.1, -0.05) is 13.3 Å². The summed E-state index contributed by atoms with van der Waals surface area (Å²) in [4.78, 5) is 0. The number of hydrogen-bond donors (Lipinski definition) is 0. The Morgan fingerprint density at radius 3 is 2.86 bits per heavy atom. The minimum absolute atomic E-state index is 0.120. The summed E-state index contributed by atoms with van der Waals surface area (Å²) in [5, 5.41) is 0. The molecule has 2 fully saturated rings. The van der Waals surface area contributed by atoms with Crippen LogP contribution in [0.1, 0.15) is 32.6 Å². The van der Waals surface area contributed by atoms with Crippen molar-refractivity contribution in [2.75, 3.05) is 12.4 Å².